The van der Waals surface area contributed by atoms with E-state index in [9.17, 15) is 13.2 Å². The van der Waals surface area contributed by atoms with Crippen LogP contribution in [0.1, 0.15) is 23.1 Å². The molecule has 0 bridgehead atoms. The van der Waals surface area contributed by atoms with Gasteiger partial charge in [-0.1, -0.05) is 66.4 Å². The fourth-order valence-electron chi connectivity index (χ4n) is 2.65. The molecule has 3 aromatic rings. The zero-order valence-corrected chi connectivity index (χ0v) is 17.6. The van der Waals surface area contributed by atoms with Crippen LogP contribution in [0, 0.1) is 11.8 Å². The number of hydrogen-bond donors (Lipinski definition) is 2. The largest absolute Gasteiger partial charge is 0.326 e. The first-order valence-corrected chi connectivity index (χ1v) is 11.2. The maximum Gasteiger partial charge on any atom is 0.233 e. The smallest absolute Gasteiger partial charge is 0.233 e. The number of hydrogen-bond acceptors (Lipinski definition) is 3. The lowest BCUT2D eigenvalue weighted by atomic mass is 10.1. The van der Waals surface area contributed by atoms with Crippen LogP contribution in [-0.4, -0.2) is 20.9 Å². The maximum absolute atomic E-state index is 12.2. The van der Waals surface area contributed by atoms with Gasteiger partial charge in [-0.2, -0.15) is 0 Å². The van der Waals surface area contributed by atoms with Crippen LogP contribution in [0.5, 0.6) is 0 Å². The highest BCUT2D eigenvalue weighted by Crippen LogP contribution is 2.10. The summed E-state index contributed by atoms with van der Waals surface area (Å²) >= 11 is 0. The van der Waals surface area contributed by atoms with Crippen molar-refractivity contribution < 1.29 is 13.2 Å². The first-order chi connectivity index (χ1) is 15.0. The molecular formula is C25H22N2O3S. The van der Waals surface area contributed by atoms with Crippen molar-refractivity contribution in [3.8, 4) is 11.8 Å². The summed E-state index contributed by atoms with van der Waals surface area (Å²) in [6, 6.07) is 25.9. The summed E-state index contributed by atoms with van der Waals surface area (Å²) in [4.78, 5) is 12.2. The molecule has 1 amide bonds. The van der Waals surface area contributed by atoms with Crippen molar-refractivity contribution in [2.45, 2.75) is 6.42 Å². The van der Waals surface area contributed by atoms with Gasteiger partial charge in [0.1, 0.15) is 0 Å². The number of rotatable bonds is 7. The standard InChI is InChI=1S/C25H22N2O3S/c28-25(16-18-26-31(29,30)19-17-22-10-5-2-6-11-22)27-24-13-7-12-23(20-24)15-14-21-8-3-1-4-9-21/h1-13,17,19-20,26H,16,18H2,(H,27,28)/b19-17+. The fourth-order valence-corrected chi connectivity index (χ4v) is 3.47. The topological polar surface area (TPSA) is 75.3 Å². The molecule has 156 valence electrons. The van der Waals surface area contributed by atoms with E-state index in [-0.39, 0.29) is 18.9 Å². The van der Waals surface area contributed by atoms with E-state index in [1.54, 1.807) is 24.3 Å². The van der Waals surface area contributed by atoms with Gasteiger partial charge in [-0.25, -0.2) is 13.1 Å². The molecule has 31 heavy (non-hydrogen) atoms. The highest BCUT2D eigenvalue weighted by molar-refractivity contribution is 7.92. The number of nitrogens with one attached hydrogen (secondary N) is 2. The average molecular weight is 431 g/mol. The molecule has 0 atom stereocenters. The molecule has 5 nitrogen and oxygen atoms in total. The van der Waals surface area contributed by atoms with Crippen molar-refractivity contribution in [2.24, 2.45) is 0 Å². The minimum absolute atomic E-state index is 0.000793. The lowest BCUT2D eigenvalue weighted by molar-refractivity contribution is -0.116. The Kier molecular flexibility index (Phi) is 7.77. The van der Waals surface area contributed by atoms with Gasteiger partial charge in [-0.15, -0.1) is 0 Å². The van der Waals surface area contributed by atoms with Crippen LogP contribution in [0.15, 0.2) is 90.3 Å². The van der Waals surface area contributed by atoms with Crippen LogP contribution in [0.25, 0.3) is 6.08 Å². The summed E-state index contributed by atoms with van der Waals surface area (Å²) in [7, 11) is -3.62. The molecule has 0 aliphatic carbocycles. The SMILES string of the molecule is O=C(CCNS(=O)(=O)/C=C/c1ccccc1)Nc1cccc(C#Cc2ccccc2)c1. The first-order valence-electron chi connectivity index (χ1n) is 9.70. The van der Waals surface area contributed by atoms with Gasteiger partial charge in [0.25, 0.3) is 0 Å². The van der Waals surface area contributed by atoms with Crippen molar-refractivity contribution in [3.63, 3.8) is 0 Å². The molecule has 0 unspecified atom stereocenters. The molecule has 0 saturated carbocycles. The van der Waals surface area contributed by atoms with Gasteiger partial charge in [0, 0.05) is 35.2 Å². The highest BCUT2D eigenvalue weighted by Gasteiger charge is 2.07. The first kappa shape index (κ1) is 22.0. The normalized spacial score (nSPS) is 11.0. The minimum Gasteiger partial charge on any atom is -0.326 e. The molecule has 0 radical (unpaired) electrons. The molecule has 0 aromatic heterocycles. The Labute approximate surface area is 182 Å². The molecule has 6 heteroatoms. The van der Waals surface area contributed by atoms with E-state index in [0.717, 1.165) is 22.1 Å². The number of sulfonamides is 1. The number of carbonyl (C=O) groups is 1. The summed E-state index contributed by atoms with van der Waals surface area (Å²) in [6.45, 7) is 0.000793. The Hall–Kier alpha value is -3.66. The van der Waals surface area contributed by atoms with Crippen LogP contribution in [-0.2, 0) is 14.8 Å². The van der Waals surface area contributed by atoms with E-state index in [1.807, 2.05) is 60.7 Å². The summed E-state index contributed by atoms with van der Waals surface area (Å²) in [5, 5.41) is 3.86. The highest BCUT2D eigenvalue weighted by atomic mass is 32.2. The summed E-state index contributed by atoms with van der Waals surface area (Å²) < 4.78 is 26.5. The molecule has 2 N–H and O–H groups in total. The van der Waals surface area contributed by atoms with Crippen molar-refractivity contribution >= 4 is 27.7 Å². The van der Waals surface area contributed by atoms with Crippen LogP contribution < -0.4 is 10.0 Å². The van der Waals surface area contributed by atoms with E-state index in [4.69, 9.17) is 0 Å². The zero-order valence-electron chi connectivity index (χ0n) is 16.8. The molecule has 3 aromatic carbocycles. The van der Waals surface area contributed by atoms with Crippen LogP contribution in [0.2, 0.25) is 0 Å². The molecule has 0 spiro atoms. The number of benzene rings is 3. The maximum atomic E-state index is 12.2. The van der Waals surface area contributed by atoms with Gasteiger partial charge in [0.2, 0.25) is 15.9 Å². The van der Waals surface area contributed by atoms with Gasteiger partial charge in [-0.3, -0.25) is 4.79 Å². The molecule has 3 rings (SSSR count). The Bertz CT molecular complexity index is 1210. The van der Waals surface area contributed by atoms with Crippen molar-refractivity contribution in [1.29, 1.82) is 0 Å². The van der Waals surface area contributed by atoms with Crippen molar-refractivity contribution in [3.05, 3.63) is 107 Å². The van der Waals surface area contributed by atoms with Gasteiger partial charge in [0.15, 0.2) is 0 Å². The molecule has 0 saturated heterocycles. The van der Waals surface area contributed by atoms with E-state index in [1.165, 1.54) is 6.08 Å². The third-order valence-electron chi connectivity index (χ3n) is 4.17. The fraction of sp³-hybridized carbons (Fsp3) is 0.0800. The Morgan fingerprint density at radius 1 is 0.839 bits per heavy atom. The van der Waals surface area contributed by atoms with Gasteiger partial charge < -0.3 is 5.32 Å². The van der Waals surface area contributed by atoms with E-state index >= 15 is 0 Å². The van der Waals surface area contributed by atoms with Crippen LogP contribution in [0.4, 0.5) is 5.69 Å². The van der Waals surface area contributed by atoms with Gasteiger partial charge >= 0.3 is 0 Å². The second-order valence-corrected chi connectivity index (χ2v) is 8.30. The predicted octanol–water partition coefficient (Wildman–Crippen LogP) is 4.01. The monoisotopic (exact) mass is 430 g/mol. The van der Waals surface area contributed by atoms with Gasteiger partial charge in [-0.05, 0) is 42.0 Å². The van der Waals surface area contributed by atoms with Gasteiger partial charge in [0.05, 0.1) is 0 Å². The predicted molar refractivity (Wildman–Crippen MR) is 125 cm³/mol. The Morgan fingerprint density at radius 3 is 2.23 bits per heavy atom. The minimum atomic E-state index is -3.62. The number of carbonyl (C=O) groups excluding carboxylic acids is 1. The van der Waals surface area contributed by atoms with E-state index in [2.05, 4.69) is 21.9 Å². The lowest BCUT2D eigenvalue weighted by Gasteiger charge is -2.06. The molecule has 0 fully saturated rings. The average Bonchev–Trinajstić information content (AvgIpc) is 2.78. The number of amides is 1. The third-order valence-corrected chi connectivity index (χ3v) is 5.27. The van der Waals surface area contributed by atoms with Crippen molar-refractivity contribution in [2.75, 3.05) is 11.9 Å². The quantitative estimate of drug-likeness (QED) is 0.556. The van der Waals surface area contributed by atoms with E-state index in [0.29, 0.717) is 5.69 Å². The molecule has 0 aliphatic rings. The Balaban J connectivity index is 1.50. The molecular weight excluding hydrogens is 408 g/mol. The zero-order chi connectivity index (χ0) is 21.9. The molecule has 0 heterocycles. The summed E-state index contributed by atoms with van der Waals surface area (Å²) in [6.07, 6.45) is 1.52. The lowest BCUT2D eigenvalue weighted by Crippen LogP contribution is -2.26. The number of anilines is 1. The summed E-state index contributed by atoms with van der Waals surface area (Å²) in [5.41, 5.74) is 3.07. The van der Waals surface area contributed by atoms with Crippen LogP contribution >= 0.6 is 0 Å². The Morgan fingerprint density at radius 2 is 1.48 bits per heavy atom. The third kappa shape index (κ3) is 7.94. The summed E-state index contributed by atoms with van der Waals surface area (Å²) in [5.74, 6) is 5.85. The van der Waals surface area contributed by atoms with Crippen molar-refractivity contribution in [1.82, 2.24) is 4.72 Å². The van der Waals surface area contributed by atoms with E-state index < -0.39 is 10.0 Å². The van der Waals surface area contributed by atoms with Crippen LogP contribution in [0.3, 0.4) is 0 Å². The molecule has 0 aliphatic heterocycles. The second kappa shape index (κ2) is 10.9. The second-order valence-electron chi connectivity index (χ2n) is 6.65.